The number of benzene rings is 2. The lowest BCUT2D eigenvalue weighted by Crippen LogP contribution is -2.05. The number of anilines is 1. The normalized spacial score (nSPS) is 11.0. The number of hydrogen-bond donors (Lipinski definition) is 1. The van der Waals surface area contributed by atoms with E-state index in [0.717, 1.165) is 17.0 Å². The van der Waals surface area contributed by atoms with Crippen LogP contribution in [-0.2, 0) is 11.4 Å². The first-order valence-corrected chi connectivity index (χ1v) is 5.90. The number of carbonyl (C=O) groups excluding carboxylic acids is 1. The zero-order valence-electron chi connectivity index (χ0n) is 10.6. The van der Waals surface area contributed by atoms with Crippen molar-refractivity contribution in [2.75, 3.05) is 5.73 Å². The molecule has 0 saturated carbocycles. The lowest BCUT2D eigenvalue weighted by atomic mass is 10.1. The van der Waals surface area contributed by atoms with Gasteiger partial charge in [0.25, 0.3) is 0 Å². The number of ether oxygens (including phenoxy) is 2. The van der Waals surface area contributed by atoms with Gasteiger partial charge in [0.2, 0.25) is 0 Å². The summed E-state index contributed by atoms with van der Waals surface area (Å²) < 4.78 is 9.96. The Morgan fingerprint density at radius 1 is 1.21 bits per heavy atom. The Morgan fingerprint density at radius 2 is 1.95 bits per heavy atom. The highest BCUT2D eigenvalue weighted by Crippen LogP contribution is 2.28. The van der Waals surface area contributed by atoms with Gasteiger partial charge in [0, 0.05) is 6.92 Å². The minimum absolute atomic E-state index is 0.286. The highest BCUT2D eigenvalue weighted by Gasteiger charge is 2.07. The van der Waals surface area contributed by atoms with Crippen LogP contribution in [0.3, 0.4) is 0 Å². The lowest BCUT2D eigenvalue weighted by molar-refractivity contribution is -0.131. The molecule has 0 aliphatic carbocycles. The molecule has 0 aromatic heterocycles. The van der Waals surface area contributed by atoms with Crippen molar-refractivity contribution in [2.24, 2.45) is 0 Å². The van der Waals surface area contributed by atoms with Crippen LogP contribution in [0.15, 0.2) is 48.5 Å². The van der Waals surface area contributed by atoms with E-state index in [1.54, 1.807) is 12.1 Å². The van der Waals surface area contributed by atoms with E-state index >= 15 is 0 Å². The molecule has 0 fully saturated rings. The molecule has 0 amide bonds. The van der Waals surface area contributed by atoms with E-state index < -0.39 is 0 Å². The Labute approximate surface area is 111 Å². The first kappa shape index (κ1) is 13.0. The molecule has 0 saturated heterocycles. The van der Waals surface area contributed by atoms with Crippen molar-refractivity contribution in [3.8, 4) is 11.5 Å². The average molecular weight is 257 g/mol. The summed E-state index contributed by atoms with van der Waals surface area (Å²) in [6.07, 6.45) is 0. The van der Waals surface area contributed by atoms with Gasteiger partial charge >= 0.3 is 5.97 Å². The van der Waals surface area contributed by atoms with Crippen LogP contribution >= 0.6 is 0 Å². The standard InChI is InChI=1S/C8H8O2.C7H7NO/c1-7(9)10-8-5-3-2-4-6-8;8-6-3-5-1-2-7(6)9-4-5/h2-6H,1H3;1-3H,4,8H2. The second-order valence-corrected chi connectivity index (χ2v) is 4.07. The van der Waals surface area contributed by atoms with E-state index in [1.807, 2.05) is 36.4 Å². The zero-order chi connectivity index (χ0) is 13.7. The topological polar surface area (TPSA) is 61.5 Å². The molecule has 2 aliphatic rings. The van der Waals surface area contributed by atoms with Crippen molar-refractivity contribution < 1.29 is 14.3 Å². The maximum atomic E-state index is 10.4. The number of nitrogens with two attached hydrogens (primary N) is 1. The Bertz CT molecular complexity index is 567. The fourth-order valence-corrected chi connectivity index (χ4v) is 1.63. The molecule has 0 spiro atoms. The van der Waals surface area contributed by atoms with Gasteiger partial charge in [-0.2, -0.15) is 0 Å². The number of fused-ring (bicyclic) bond motifs is 3. The summed E-state index contributed by atoms with van der Waals surface area (Å²) >= 11 is 0. The Morgan fingerprint density at radius 3 is 2.32 bits per heavy atom. The molecule has 19 heavy (non-hydrogen) atoms. The smallest absolute Gasteiger partial charge is 0.308 e. The second-order valence-electron chi connectivity index (χ2n) is 4.07. The Kier molecular flexibility index (Phi) is 4.03. The highest BCUT2D eigenvalue weighted by molar-refractivity contribution is 5.69. The maximum absolute atomic E-state index is 10.4. The van der Waals surface area contributed by atoms with Crippen LogP contribution in [0.5, 0.6) is 11.5 Å². The summed E-state index contributed by atoms with van der Waals surface area (Å²) in [5.74, 6) is 1.12. The summed E-state index contributed by atoms with van der Waals surface area (Å²) in [5, 5.41) is 0. The quantitative estimate of drug-likeness (QED) is 0.485. The van der Waals surface area contributed by atoms with E-state index in [9.17, 15) is 4.79 Å². The van der Waals surface area contributed by atoms with Gasteiger partial charge in [0.05, 0.1) is 5.69 Å². The van der Waals surface area contributed by atoms with Crippen molar-refractivity contribution >= 4 is 11.7 Å². The van der Waals surface area contributed by atoms with Crippen LogP contribution in [0, 0.1) is 0 Å². The molecule has 2 bridgehead atoms. The van der Waals surface area contributed by atoms with Crippen LogP contribution in [0.1, 0.15) is 12.5 Å². The largest absolute Gasteiger partial charge is 0.487 e. The lowest BCUT2D eigenvalue weighted by Gasteiger charge is -2.15. The van der Waals surface area contributed by atoms with Gasteiger partial charge in [-0.3, -0.25) is 4.79 Å². The van der Waals surface area contributed by atoms with Gasteiger partial charge in [-0.1, -0.05) is 24.3 Å². The van der Waals surface area contributed by atoms with E-state index in [1.165, 1.54) is 6.92 Å². The molecule has 0 radical (unpaired) electrons. The van der Waals surface area contributed by atoms with Crippen LogP contribution in [-0.4, -0.2) is 5.97 Å². The molecule has 2 N–H and O–H groups in total. The molecule has 2 heterocycles. The molecule has 2 aromatic rings. The monoisotopic (exact) mass is 257 g/mol. The van der Waals surface area contributed by atoms with Crippen molar-refractivity contribution in [2.45, 2.75) is 13.5 Å². The minimum Gasteiger partial charge on any atom is -0.487 e. The van der Waals surface area contributed by atoms with Crippen molar-refractivity contribution in [3.63, 3.8) is 0 Å². The molecule has 4 rings (SSSR count). The highest BCUT2D eigenvalue weighted by atomic mass is 16.5. The van der Waals surface area contributed by atoms with Crippen molar-refractivity contribution in [1.29, 1.82) is 0 Å². The van der Waals surface area contributed by atoms with Crippen LogP contribution in [0.2, 0.25) is 0 Å². The van der Waals surface area contributed by atoms with Crippen LogP contribution < -0.4 is 15.2 Å². The number of rotatable bonds is 1. The Balaban J connectivity index is 0.000000141. The van der Waals surface area contributed by atoms with Gasteiger partial charge in [-0.05, 0) is 29.8 Å². The SMILES string of the molecule is CC(=O)Oc1ccccc1.Nc1cc2ccc1OC2. The molecule has 4 heteroatoms. The maximum Gasteiger partial charge on any atom is 0.308 e. The van der Waals surface area contributed by atoms with E-state index in [4.69, 9.17) is 15.2 Å². The third kappa shape index (κ3) is 3.74. The molecule has 4 nitrogen and oxygen atoms in total. The fraction of sp³-hybridized carbons (Fsp3) is 0.133. The number of carbonyl (C=O) groups is 1. The van der Waals surface area contributed by atoms with E-state index in [2.05, 4.69) is 0 Å². The first-order valence-electron chi connectivity index (χ1n) is 5.90. The Hall–Kier alpha value is -2.49. The molecule has 98 valence electrons. The summed E-state index contributed by atoms with van der Waals surface area (Å²) in [6, 6.07) is 14.8. The summed E-state index contributed by atoms with van der Waals surface area (Å²) in [6.45, 7) is 2.07. The van der Waals surface area contributed by atoms with Crippen molar-refractivity contribution in [3.05, 3.63) is 54.1 Å². The molecule has 0 atom stereocenters. The second kappa shape index (κ2) is 5.91. The van der Waals surface area contributed by atoms with Gasteiger partial charge in [-0.25, -0.2) is 0 Å². The number of nitrogen functional groups attached to an aromatic ring is 1. The fourth-order valence-electron chi connectivity index (χ4n) is 1.63. The van der Waals surface area contributed by atoms with Gasteiger partial charge in [-0.15, -0.1) is 0 Å². The predicted molar refractivity (Wildman–Crippen MR) is 72.9 cm³/mol. The number of esters is 1. The predicted octanol–water partition coefficient (Wildman–Crippen LogP) is 2.77. The summed E-state index contributed by atoms with van der Waals surface area (Å²) in [7, 11) is 0. The van der Waals surface area contributed by atoms with Gasteiger partial charge in [0.15, 0.2) is 0 Å². The number of para-hydroxylation sites is 1. The molecule has 2 aliphatic heterocycles. The minimum atomic E-state index is -0.286. The first-order chi connectivity index (χ1) is 9.15. The summed E-state index contributed by atoms with van der Waals surface area (Å²) in [4.78, 5) is 10.4. The van der Waals surface area contributed by atoms with Crippen LogP contribution in [0.4, 0.5) is 5.69 Å². The van der Waals surface area contributed by atoms with Crippen molar-refractivity contribution in [1.82, 2.24) is 0 Å². The van der Waals surface area contributed by atoms with E-state index in [-0.39, 0.29) is 5.97 Å². The molecular weight excluding hydrogens is 242 g/mol. The van der Waals surface area contributed by atoms with Gasteiger partial charge in [0.1, 0.15) is 18.1 Å². The molecular formula is C15H15NO3. The number of hydrogen-bond acceptors (Lipinski definition) is 4. The molecule has 0 unspecified atom stereocenters. The van der Waals surface area contributed by atoms with E-state index in [0.29, 0.717) is 12.4 Å². The average Bonchev–Trinajstić information content (AvgIpc) is 2.41. The third-order valence-corrected chi connectivity index (χ3v) is 2.47. The zero-order valence-corrected chi connectivity index (χ0v) is 10.6. The van der Waals surface area contributed by atoms with Crippen LogP contribution in [0.25, 0.3) is 0 Å². The van der Waals surface area contributed by atoms with Gasteiger partial charge < -0.3 is 15.2 Å². The molecule has 2 aromatic carbocycles. The summed E-state index contributed by atoms with van der Waals surface area (Å²) in [5.41, 5.74) is 7.45. The third-order valence-electron chi connectivity index (χ3n) is 2.47.